The third-order valence-electron chi connectivity index (χ3n) is 4.40. The lowest BCUT2D eigenvalue weighted by Gasteiger charge is -2.09. The van der Waals surface area contributed by atoms with Gasteiger partial charge in [0.2, 0.25) is 0 Å². The van der Waals surface area contributed by atoms with Crippen LogP contribution in [0.4, 0.5) is 0 Å². The average molecular weight is 368 g/mol. The number of benzene rings is 1. The normalized spacial score (nSPS) is 10.8. The van der Waals surface area contributed by atoms with Crippen LogP contribution >= 0.6 is 0 Å². The van der Waals surface area contributed by atoms with Gasteiger partial charge in [-0.15, -0.1) is 0 Å². The Kier molecular flexibility index (Phi) is 4.68. The van der Waals surface area contributed by atoms with Gasteiger partial charge in [0, 0.05) is 47.0 Å². The number of ketones is 2. The predicted octanol–water partition coefficient (Wildman–Crippen LogP) is 3.38. The van der Waals surface area contributed by atoms with Gasteiger partial charge in [0.25, 0.3) is 0 Å². The molecule has 0 N–H and O–H groups in total. The number of aryl methyl sites for hydroxylation is 1. The van der Waals surface area contributed by atoms with Crippen molar-refractivity contribution < 1.29 is 9.59 Å². The molecular weight excluding hydrogens is 352 g/mol. The fraction of sp³-hybridized carbons (Fsp3) is 0.0909. The Morgan fingerprint density at radius 1 is 0.929 bits per heavy atom. The van der Waals surface area contributed by atoms with Crippen molar-refractivity contribution in [2.45, 2.75) is 13.3 Å². The molecule has 1 aromatic carbocycles. The van der Waals surface area contributed by atoms with Gasteiger partial charge in [0.05, 0.1) is 17.5 Å². The van der Waals surface area contributed by atoms with E-state index in [9.17, 15) is 9.59 Å². The number of carbonyl (C=O) groups is 2. The molecule has 0 saturated carbocycles. The fourth-order valence-corrected chi connectivity index (χ4v) is 2.98. The number of nitrogens with zero attached hydrogens (tertiary/aromatic N) is 4. The lowest BCUT2D eigenvalue weighted by molar-refractivity contribution is 0.0993. The summed E-state index contributed by atoms with van der Waals surface area (Å²) in [7, 11) is 0. The van der Waals surface area contributed by atoms with Crippen LogP contribution in [0, 0.1) is 6.92 Å². The molecule has 0 amide bonds. The molecule has 4 rings (SSSR count). The van der Waals surface area contributed by atoms with E-state index in [1.54, 1.807) is 30.6 Å². The molecular formula is C22H16N4O2. The SMILES string of the molecule is Cc1ccc(CC(=O)c2cc(C(=O)c3cncnc3)cc3cccnc23)nc1. The Balaban J connectivity index is 1.77. The van der Waals surface area contributed by atoms with E-state index >= 15 is 0 Å². The molecule has 0 aliphatic rings. The number of aromatic nitrogens is 4. The molecule has 6 nitrogen and oxygen atoms in total. The molecule has 0 saturated heterocycles. The van der Waals surface area contributed by atoms with Crippen LogP contribution in [0.1, 0.15) is 37.5 Å². The zero-order chi connectivity index (χ0) is 19.5. The Hall–Kier alpha value is -3.80. The van der Waals surface area contributed by atoms with Crippen molar-refractivity contribution in [2.24, 2.45) is 0 Å². The van der Waals surface area contributed by atoms with E-state index in [1.165, 1.54) is 18.7 Å². The second kappa shape index (κ2) is 7.44. The molecule has 28 heavy (non-hydrogen) atoms. The maximum atomic E-state index is 13.0. The number of pyridine rings is 2. The van der Waals surface area contributed by atoms with Crippen LogP contribution in [-0.4, -0.2) is 31.5 Å². The van der Waals surface area contributed by atoms with E-state index in [1.807, 2.05) is 25.1 Å². The van der Waals surface area contributed by atoms with Gasteiger partial charge in [-0.2, -0.15) is 0 Å². The van der Waals surface area contributed by atoms with Crippen molar-refractivity contribution in [2.75, 3.05) is 0 Å². The van der Waals surface area contributed by atoms with Gasteiger partial charge in [-0.05, 0) is 36.8 Å². The van der Waals surface area contributed by atoms with Gasteiger partial charge in [0.15, 0.2) is 11.6 Å². The molecule has 136 valence electrons. The number of hydrogen-bond donors (Lipinski definition) is 0. The monoisotopic (exact) mass is 368 g/mol. The largest absolute Gasteiger partial charge is 0.294 e. The quantitative estimate of drug-likeness (QED) is 0.502. The Bertz CT molecular complexity index is 1170. The molecule has 0 aliphatic carbocycles. The van der Waals surface area contributed by atoms with E-state index in [4.69, 9.17) is 0 Å². The lowest BCUT2D eigenvalue weighted by atomic mass is 9.96. The summed E-state index contributed by atoms with van der Waals surface area (Å²) in [5, 5.41) is 0.727. The Morgan fingerprint density at radius 2 is 1.75 bits per heavy atom. The Morgan fingerprint density at radius 3 is 2.50 bits per heavy atom. The minimum absolute atomic E-state index is 0.137. The average Bonchev–Trinajstić information content (AvgIpc) is 2.74. The first kappa shape index (κ1) is 17.6. The summed E-state index contributed by atoms with van der Waals surface area (Å²) in [6.07, 6.45) is 7.79. The molecule has 0 spiro atoms. The minimum Gasteiger partial charge on any atom is -0.294 e. The van der Waals surface area contributed by atoms with Crippen molar-refractivity contribution in [3.05, 3.63) is 95.5 Å². The first-order valence-electron chi connectivity index (χ1n) is 8.75. The fourth-order valence-electron chi connectivity index (χ4n) is 2.98. The first-order chi connectivity index (χ1) is 13.6. The van der Waals surface area contributed by atoms with Crippen LogP contribution in [0.15, 0.2) is 67.5 Å². The maximum Gasteiger partial charge on any atom is 0.196 e. The van der Waals surface area contributed by atoms with Gasteiger partial charge >= 0.3 is 0 Å². The van der Waals surface area contributed by atoms with Gasteiger partial charge in [-0.3, -0.25) is 19.6 Å². The molecule has 3 aromatic heterocycles. The molecule has 0 radical (unpaired) electrons. The highest BCUT2D eigenvalue weighted by Crippen LogP contribution is 2.22. The van der Waals surface area contributed by atoms with Crippen LogP contribution in [0.25, 0.3) is 10.9 Å². The highest BCUT2D eigenvalue weighted by atomic mass is 16.1. The van der Waals surface area contributed by atoms with Crippen molar-refractivity contribution in [1.82, 2.24) is 19.9 Å². The maximum absolute atomic E-state index is 13.0. The van der Waals surface area contributed by atoms with E-state index < -0.39 is 0 Å². The molecule has 0 bridgehead atoms. The van der Waals surface area contributed by atoms with E-state index in [2.05, 4.69) is 19.9 Å². The van der Waals surface area contributed by atoms with Crippen molar-refractivity contribution in [1.29, 1.82) is 0 Å². The second-order valence-electron chi connectivity index (χ2n) is 6.48. The summed E-state index contributed by atoms with van der Waals surface area (Å²) < 4.78 is 0. The highest BCUT2D eigenvalue weighted by Gasteiger charge is 2.18. The van der Waals surface area contributed by atoms with Crippen molar-refractivity contribution >= 4 is 22.5 Å². The zero-order valence-corrected chi connectivity index (χ0v) is 15.2. The van der Waals surface area contributed by atoms with Crippen LogP contribution in [0.2, 0.25) is 0 Å². The van der Waals surface area contributed by atoms with E-state index in [-0.39, 0.29) is 18.0 Å². The molecule has 0 unspecified atom stereocenters. The van der Waals surface area contributed by atoms with Crippen LogP contribution < -0.4 is 0 Å². The van der Waals surface area contributed by atoms with Gasteiger partial charge in [-0.1, -0.05) is 12.1 Å². The van der Waals surface area contributed by atoms with E-state index in [0.29, 0.717) is 27.9 Å². The second-order valence-corrected chi connectivity index (χ2v) is 6.48. The first-order valence-corrected chi connectivity index (χ1v) is 8.75. The minimum atomic E-state index is -0.242. The van der Waals surface area contributed by atoms with Crippen LogP contribution in [0.5, 0.6) is 0 Å². The molecule has 4 aromatic rings. The summed E-state index contributed by atoms with van der Waals surface area (Å²) in [5.41, 5.74) is 3.44. The van der Waals surface area contributed by atoms with Gasteiger partial charge < -0.3 is 0 Å². The van der Waals surface area contributed by atoms with E-state index in [0.717, 1.165) is 10.9 Å². The van der Waals surface area contributed by atoms with Crippen LogP contribution in [-0.2, 0) is 6.42 Å². The molecule has 0 aliphatic heterocycles. The van der Waals surface area contributed by atoms with Gasteiger partial charge in [0.1, 0.15) is 6.33 Å². The number of fused-ring (bicyclic) bond motifs is 1. The Labute approximate surface area is 161 Å². The smallest absolute Gasteiger partial charge is 0.196 e. The summed E-state index contributed by atoms with van der Waals surface area (Å²) in [4.78, 5) is 42.3. The van der Waals surface area contributed by atoms with Crippen LogP contribution in [0.3, 0.4) is 0 Å². The topological polar surface area (TPSA) is 85.7 Å². The summed E-state index contributed by atoms with van der Waals surface area (Å²) in [5.74, 6) is -0.382. The summed E-state index contributed by atoms with van der Waals surface area (Å²) in [6, 6.07) is 10.7. The van der Waals surface area contributed by atoms with Gasteiger partial charge in [-0.25, -0.2) is 9.97 Å². The van der Waals surface area contributed by atoms with Crippen molar-refractivity contribution in [3.8, 4) is 0 Å². The summed E-state index contributed by atoms with van der Waals surface area (Å²) in [6.45, 7) is 1.94. The third kappa shape index (κ3) is 3.53. The summed E-state index contributed by atoms with van der Waals surface area (Å²) >= 11 is 0. The molecule has 0 fully saturated rings. The molecule has 0 atom stereocenters. The lowest BCUT2D eigenvalue weighted by Crippen LogP contribution is -2.10. The predicted molar refractivity (Wildman–Crippen MR) is 104 cm³/mol. The molecule has 3 heterocycles. The number of carbonyl (C=O) groups excluding carboxylic acids is 2. The van der Waals surface area contributed by atoms with Crippen molar-refractivity contribution in [3.63, 3.8) is 0 Å². The standard InChI is InChI=1S/C22H16N4O2/c1-14-4-5-18(26-10-14)9-20(27)19-8-16(7-15-3-2-6-25-21(15)19)22(28)17-11-23-13-24-12-17/h2-8,10-13H,9H2,1H3. The molecule has 6 heteroatoms. The highest BCUT2D eigenvalue weighted by molar-refractivity contribution is 6.14. The number of rotatable bonds is 5. The third-order valence-corrected chi connectivity index (χ3v) is 4.40. The number of hydrogen-bond acceptors (Lipinski definition) is 6. The number of Topliss-reactive ketones (excluding diaryl/α,β-unsaturated/α-hetero) is 1. The zero-order valence-electron chi connectivity index (χ0n) is 15.2.